The molecule has 0 amide bonds. The molecule has 0 bridgehead atoms. The summed E-state index contributed by atoms with van der Waals surface area (Å²) in [6.45, 7) is 19.0. The van der Waals surface area contributed by atoms with E-state index in [2.05, 4.69) is 187 Å². The van der Waals surface area contributed by atoms with Crippen LogP contribution in [0.2, 0.25) is 39.3 Å². The molecule has 0 atom stereocenters. The zero-order chi connectivity index (χ0) is 36.4. The van der Waals surface area contributed by atoms with Crippen LogP contribution in [-0.2, 0) is 12.8 Å². The third kappa shape index (κ3) is 6.02. The molecule has 0 aliphatic rings. The maximum atomic E-state index is 2.46. The van der Waals surface area contributed by atoms with Gasteiger partial charge in [0, 0.05) is 0 Å². The highest BCUT2D eigenvalue weighted by molar-refractivity contribution is 6.89. The van der Waals surface area contributed by atoms with Crippen LogP contribution in [0, 0.1) is 0 Å². The predicted octanol–water partition coefficient (Wildman–Crippen LogP) is 13.5. The van der Waals surface area contributed by atoms with E-state index in [1.807, 2.05) is 0 Å². The number of benzene rings is 8. The van der Waals surface area contributed by atoms with Crippen molar-refractivity contribution in [3.8, 4) is 44.5 Å². The van der Waals surface area contributed by atoms with Crippen molar-refractivity contribution in [3.63, 3.8) is 0 Å². The van der Waals surface area contributed by atoms with Gasteiger partial charge >= 0.3 is 0 Å². The smallest absolute Gasteiger partial charge is 0.0656 e. The molecule has 258 valence electrons. The van der Waals surface area contributed by atoms with Crippen molar-refractivity contribution in [1.29, 1.82) is 0 Å². The fourth-order valence-corrected chi connectivity index (χ4v) is 10.4. The first-order chi connectivity index (χ1) is 24.9. The van der Waals surface area contributed by atoms with Gasteiger partial charge in [0.1, 0.15) is 0 Å². The van der Waals surface area contributed by atoms with E-state index in [0.29, 0.717) is 0 Å². The Labute approximate surface area is 312 Å². The van der Waals surface area contributed by atoms with Gasteiger partial charge in [-0.1, -0.05) is 185 Å². The molecule has 8 aromatic carbocycles. The molecule has 0 unspecified atom stereocenters. The molecule has 0 nitrogen and oxygen atoms in total. The summed E-state index contributed by atoms with van der Waals surface area (Å²) in [5, 5.41) is 11.0. The molecule has 0 heterocycles. The van der Waals surface area contributed by atoms with Gasteiger partial charge in [-0.3, -0.25) is 0 Å². The molecule has 8 aromatic rings. The summed E-state index contributed by atoms with van der Waals surface area (Å²) in [5.41, 5.74) is 13.0. The van der Waals surface area contributed by atoms with Crippen molar-refractivity contribution in [2.75, 3.05) is 0 Å². The largest absolute Gasteiger partial charge is 0.0775 e. The van der Waals surface area contributed by atoms with Crippen LogP contribution < -0.4 is 10.4 Å². The van der Waals surface area contributed by atoms with Crippen molar-refractivity contribution in [1.82, 2.24) is 0 Å². The van der Waals surface area contributed by atoms with Gasteiger partial charge in [0.2, 0.25) is 0 Å². The molecular weight excluding hydrogens is 657 g/mol. The predicted molar refractivity (Wildman–Crippen MR) is 237 cm³/mol. The number of aryl methyl sites for hydroxylation is 2. The highest BCUT2D eigenvalue weighted by Crippen LogP contribution is 2.48. The Kier molecular flexibility index (Phi) is 8.60. The normalized spacial score (nSPS) is 12.4. The van der Waals surface area contributed by atoms with Crippen LogP contribution >= 0.6 is 0 Å². The monoisotopic (exact) mass is 706 g/mol. The van der Waals surface area contributed by atoms with Gasteiger partial charge in [0.25, 0.3) is 0 Å². The van der Waals surface area contributed by atoms with Gasteiger partial charge in [-0.15, -0.1) is 0 Å². The second kappa shape index (κ2) is 13.0. The lowest BCUT2D eigenvalue weighted by Gasteiger charge is -2.22. The lowest BCUT2D eigenvalue weighted by atomic mass is 9.82. The minimum atomic E-state index is -1.43. The summed E-state index contributed by atoms with van der Waals surface area (Å²) in [4.78, 5) is 0. The van der Waals surface area contributed by atoms with Crippen LogP contribution in [0.3, 0.4) is 0 Å². The van der Waals surface area contributed by atoms with Crippen LogP contribution in [0.25, 0.3) is 76.8 Å². The summed E-state index contributed by atoms with van der Waals surface area (Å²) in [6, 6.07) is 52.1. The third-order valence-electron chi connectivity index (χ3n) is 11.4. The van der Waals surface area contributed by atoms with Crippen molar-refractivity contribution in [2.45, 2.75) is 66.0 Å². The maximum Gasteiger partial charge on any atom is 0.0775 e. The standard InChI is InChI=1S/C50H50Si2/c1-9-33-11-15-35(16-12-33)45-31-47(37-19-23-39(24-20-37)51(3,4)5)43-30-28-42-46(36-17-13-34(10-2)14-18-36)32-48(44-29-27-41(45)49(43)50(42)44)38-21-25-40(26-22-38)52(6,7)8/h11-32H,9-10H2,1-8H3. The minimum absolute atomic E-state index is 1.04. The van der Waals surface area contributed by atoms with Gasteiger partial charge < -0.3 is 0 Å². The molecule has 0 radical (unpaired) electrons. The lowest BCUT2D eigenvalue weighted by molar-refractivity contribution is 1.14. The molecule has 0 aromatic heterocycles. The van der Waals surface area contributed by atoms with E-state index in [4.69, 9.17) is 0 Å². The van der Waals surface area contributed by atoms with E-state index in [1.54, 1.807) is 0 Å². The summed E-state index contributed by atoms with van der Waals surface area (Å²) in [6.07, 6.45) is 2.08. The molecule has 0 fully saturated rings. The number of hydrogen-bond acceptors (Lipinski definition) is 0. The fraction of sp³-hybridized carbons (Fsp3) is 0.200. The first-order valence-electron chi connectivity index (χ1n) is 19.1. The number of rotatable bonds is 8. The summed E-state index contributed by atoms with van der Waals surface area (Å²) in [5.74, 6) is 0. The van der Waals surface area contributed by atoms with Crippen LogP contribution in [0.15, 0.2) is 133 Å². The molecule has 2 heteroatoms. The molecule has 0 aliphatic carbocycles. The average molecular weight is 707 g/mol. The molecule has 52 heavy (non-hydrogen) atoms. The van der Waals surface area contributed by atoms with Crippen molar-refractivity contribution in [3.05, 3.63) is 145 Å². The first kappa shape index (κ1) is 34.3. The fourth-order valence-electron chi connectivity index (χ4n) is 8.09. The second-order valence-corrected chi connectivity index (χ2v) is 26.9. The zero-order valence-corrected chi connectivity index (χ0v) is 34.1. The van der Waals surface area contributed by atoms with Crippen LogP contribution in [0.5, 0.6) is 0 Å². The molecule has 0 saturated carbocycles. The SMILES string of the molecule is CCc1ccc(-c2cc(-c3ccc([Si](C)(C)C)cc3)c3ccc4c(-c5ccc(CC)cc5)cc(-c5ccc([Si](C)(C)C)cc5)c5ccc2c3c45)cc1. The Morgan fingerprint density at radius 3 is 0.808 bits per heavy atom. The van der Waals surface area contributed by atoms with E-state index < -0.39 is 16.1 Å². The quantitative estimate of drug-likeness (QED) is 0.109. The minimum Gasteiger partial charge on any atom is -0.0656 e. The molecule has 0 spiro atoms. The maximum absolute atomic E-state index is 2.46. The van der Waals surface area contributed by atoms with E-state index in [9.17, 15) is 0 Å². The first-order valence-corrected chi connectivity index (χ1v) is 26.1. The number of hydrogen-bond donors (Lipinski definition) is 0. The molecular formula is C50H50Si2. The van der Waals surface area contributed by atoms with E-state index >= 15 is 0 Å². The van der Waals surface area contributed by atoms with Crippen molar-refractivity contribution >= 4 is 58.8 Å². The Morgan fingerprint density at radius 1 is 0.327 bits per heavy atom. The molecule has 0 N–H and O–H groups in total. The highest BCUT2D eigenvalue weighted by atomic mass is 28.3. The average Bonchev–Trinajstić information content (AvgIpc) is 3.16. The van der Waals surface area contributed by atoms with E-state index in [0.717, 1.165) is 12.8 Å². The summed E-state index contributed by atoms with van der Waals surface area (Å²) >= 11 is 0. The zero-order valence-electron chi connectivity index (χ0n) is 32.1. The van der Waals surface area contributed by atoms with Crippen molar-refractivity contribution < 1.29 is 0 Å². The second-order valence-electron chi connectivity index (χ2n) is 16.8. The molecule has 8 rings (SSSR count). The molecule has 0 saturated heterocycles. The van der Waals surface area contributed by atoms with Crippen LogP contribution in [-0.4, -0.2) is 16.1 Å². The van der Waals surface area contributed by atoms with Crippen LogP contribution in [0.1, 0.15) is 25.0 Å². The van der Waals surface area contributed by atoms with Gasteiger partial charge in [-0.2, -0.15) is 0 Å². The van der Waals surface area contributed by atoms with Gasteiger partial charge in [0.15, 0.2) is 0 Å². The van der Waals surface area contributed by atoms with E-state index in [-0.39, 0.29) is 0 Å². The lowest BCUT2D eigenvalue weighted by Crippen LogP contribution is -2.37. The Bertz CT molecular complexity index is 2360. The van der Waals surface area contributed by atoms with Gasteiger partial charge in [-0.05, 0) is 113 Å². The Morgan fingerprint density at radius 2 is 0.577 bits per heavy atom. The van der Waals surface area contributed by atoms with Crippen molar-refractivity contribution in [2.24, 2.45) is 0 Å². The third-order valence-corrected chi connectivity index (χ3v) is 15.5. The summed E-state index contributed by atoms with van der Waals surface area (Å²) < 4.78 is 0. The van der Waals surface area contributed by atoms with Gasteiger partial charge in [0.05, 0.1) is 16.1 Å². The van der Waals surface area contributed by atoms with E-state index in [1.165, 1.54) is 98.3 Å². The van der Waals surface area contributed by atoms with Crippen LogP contribution in [0.4, 0.5) is 0 Å². The highest BCUT2D eigenvalue weighted by Gasteiger charge is 2.23. The Hall–Kier alpha value is -4.77. The topological polar surface area (TPSA) is 0 Å². The summed E-state index contributed by atoms with van der Waals surface area (Å²) in [7, 11) is -2.86. The van der Waals surface area contributed by atoms with Gasteiger partial charge in [-0.25, -0.2) is 0 Å². The molecule has 0 aliphatic heterocycles. The Balaban J connectivity index is 1.49.